The van der Waals surface area contributed by atoms with Crippen molar-refractivity contribution in [2.24, 2.45) is 0 Å². The number of nitro groups is 1. The van der Waals surface area contributed by atoms with Crippen molar-refractivity contribution in [3.8, 4) is 21.7 Å². The molecule has 4 aromatic rings. The molecule has 2 aromatic heterocycles. The molecule has 3 heterocycles. The van der Waals surface area contributed by atoms with Crippen LogP contribution in [0.25, 0.3) is 31.9 Å². The monoisotopic (exact) mass is 374 g/mol. The summed E-state index contributed by atoms with van der Waals surface area (Å²) in [6.45, 7) is 0. The Bertz CT molecular complexity index is 1340. The van der Waals surface area contributed by atoms with E-state index in [9.17, 15) is 19.7 Å². The van der Waals surface area contributed by atoms with E-state index in [1.807, 2.05) is 30.3 Å². The summed E-state index contributed by atoms with van der Waals surface area (Å²) in [7, 11) is 0. The zero-order valence-electron chi connectivity index (χ0n) is 13.7. The largest absolute Gasteiger partial charge is 0.288 e. The normalized spacial score (nSPS) is 12.2. The minimum absolute atomic E-state index is 0.177. The van der Waals surface area contributed by atoms with Gasteiger partial charge in [-0.15, -0.1) is 11.3 Å². The second kappa shape index (κ2) is 5.46. The van der Waals surface area contributed by atoms with Gasteiger partial charge in [0.1, 0.15) is 0 Å². The topological polar surface area (TPSA) is 82.2 Å². The summed E-state index contributed by atoms with van der Waals surface area (Å²) in [5, 5.41) is 11.4. The molecule has 0 N–H and O–H groups in total. The molecule has 0 radical (unpaired) electrons. The number of pyridine rings is 1. The van der Waals surface area contributed by atoms with Crippen molar-refractivity contribution in [1.82, 2.24) is 4.57 Å². The molecule has 0 aliphatic carbocycles. The Morgan fingerprint density at radius 3 is 2.48 bits per heavy atom. The van der Waals surface area contributed by atoms with Crippen LogP contribution < -0.4 is 5.43 Å². The van der Waals surface area contributed by atoms with Crippen molar-refractivity contribution in [3.63, 3.8) is 0 Å². The van der Waals surface area contributed by atoms with Crippen molar-refractivity contribution in [1.29, 1.82) is 0 Å². The summed E-state index contributed by atoms with van der Waals surface area (Å²) in [6.07, 6.45) is 0. The fraction of sp³-hybridized carbons (Fsp3) is 0. The molecule has 0 unspecified atom stereocenters. The van der Waals surface area contributed by atoms with Crippen molar-refractivity contribution >= 4 is 33.1 Å². The Labute approximate surface area is 156 Å². The minimum atomic E-state index is -0.528. The maximum atomic E-state index is 13.0. The van der Waals surface area contributed by atoms with Gasteiger partial charge < -0.3 is 0 Å². The first-order valence-corrected chi connectivity index (χ1v) is 8.95. The molecule has 0 bridgehead atoms. The van der Waals surface area contributed by atoms with Crippen LogP contribution in [-0.2, 0) is 0 Å². The van der Waals surface area contributed by atoms with Gasteiger partial charge in [-0.25, -0.2) is 0 Å². The van der Waals surface area contributed by atoms with Crippen LogP contribution >= 0.6 is 11.3 Å². The van der Waals surface area contributed by atoms with Crippen LogP contribution in [0.5, 0.6) is 0 Å². The number of aromatic nitrogens is 1. The highest BCUT2D eigenvalue weighted by Crippen LogP contribution is 2.41. The number of nitrogens with zero attached hydrogens (tertiary/aromatic N) is 2. The Kier molecular flexibility index (Phi) is 3.16. The molecule has 0 amide bonds. The maximum absolute atomic E-state index is 13.0. The van der Waals surface area contributed by atoms with Gasteiger partial charge in [0.15, 0.2) is 5.43 Å². The molecular formula is C20H10N2O4S. The smallest absolute Gasteiger partial charge is 0.279 e. The van der Waals surface area contributed by atoms with Crippen LogP contribution in [0.2, 0.25) is 0 Å². The van der Waals surface area contributed by atoms with Crippen LogP contribution in [0.1, 0.15) is 10.4 Å². The predicted octanol–water partition coefficient (Wildman–Crippen LogP) is 4.31. The number of fused-ring (bicyclic) bond motifs is 5. The van der Waals surface area contributed by atoms with Gasteiger partial charge in [0, 0.05) is 17.0 Å². The molecule has 5 rings (SSSR count). The number of thiophene rings is 1. The van der Waals surface area contributed by atoms with Gasteiger partial charge in [-0.1, -0.05) is 36.4 Å². The molecule has 6 nitrogen and oxygen atoms in total. The van der Waals surface area contributed by atoms with Crippen LogP contribution in [0.4, 0.5) is 5.69 Å². The molecule has 7 heteroatoms. The van der Waals surface area contributed by atoms with E-state index in [1.54, 1.807) is 12.1 Å². The molecule has 1 aliphatic rings. The van der Waals surface area contributed by atoms with E-state index in [1.165, 1.54) is 34.1 Å². The zero-order valence-corrected chi connectivity index (χ0v) is 14.5. The lowest BCUT2D eigenvalue weighted by molar-refractivity contribution is -0.384. The van der Waals surface area contributed by atoms with Gasteiger partial charge in [-0.05, 0) is 17.7 Å². The van der Waals surface area contributed by atoms with E-state index >= 15 is 0 Å². The quantitative estimate of drug-likeness (QED) is 0.341. The van der Waals surface area contributed by atoms with Crippen LogP contribution in [0, 0.1) is 10.1 Å². The summed E-state index contributed by atoms with van der Waals surface area (Å²) >= 11 is 1.31. The number of carbonyl (C=O) groups is 1. The first-order valence-electron chi connectivity index (χ1n) is 8.14. The number of rotatable bonds is 2. The fourth-order valence-corrected chi connectivity index (χ4v) is 4.57. The number of hydrogen-bond donors (Lipinski definition) is 0. The molecule has 0 saturated carbocycles. The molecule has 0 saturated heterocycles. The second-order valence-electron chi connectivity index (χ2n) is 6.18. The first kappa shape index (κ1) is 15.7. The third-order valence-electron chi connectivity index (χ3n) is 4.67. The Balaban J connectivity index is 1.86. The lowest BCUT2D eigenvalue weighted by atomic mass is 10.0. The summed E-state index contributed by atoms with van der Waals surface area (Å²) in [5.74, 6) is -0.355. The van der Waals surface area contributed by atoms with Crippen molar-refractivity contribution in [2.75, 3.05) is 0 Å². The predicted molar refractivity (Wildman–Crippen MR) is 103 cm³/mol. The van der Waals surface area contributed by atoms with Gasteiger partial charge in [0.25, 0.3) is 11.6 Å². The third-order valence-corrected chi connectivity index (χ3v) is 5.86. The third kappa shape index (κ3) is 2.12. The van der Waals surface area contributed by atoms with E-state index in [0.717, 1.165) is 10.4 Å². The lowest BCUT2D eigenvalue weighted by Crippen LogP contribution is -2.11. The average molecular weight is 374 g/mol. The lowest BCUT2D eigenvalue weighted by Gasteiger charge is -2.04. The average Bonchev–Trinajstić information content (AvgIpc) is 3.23. The molecular weight excluding hydrogens is 364 g/mol. The maximum Gasteiger partial charge on any atom is 0.279 e. The molecule has 0 spiro atoms. The van der Waals surface area contributed by atoms with Crippen LogP contribution in [-0.4, -0.2) is 15.4 Å². The van der Waals surface area contributed by atoms with Crippen LogP contribution in [0.3, 0.4) is 0 Å². The van der Waals surface area contributed by atoms with Crippen molar-refractivity contribution < 1.29 is 9.72 Å². The SMILES string of the molecule is O=C1c2cccc([N+](=O)[O-])c2-c2cc(=O)c3sc(-c4ccccc4)cc3n21. The van der Waals surface area contributed by atoms with Gasteiger partial charge in [0.05, 0.1) is 32.0 Å². The van der Waals surface area contributed by atoms with E-state index in [0.29, 0.717) is 10.2 Å². The molecule has 2 aromatic carbocycles. The molecule has 0 atom stereocenters. The van der Waals surface area contributed by atoms with Crippen molar-refractivity contribution in [3.05, 3.63) is 86.6 Å². The van der Waals surface area contributed by atoms with E-state index in [4.69, 9.17) is 0 Å². The fourth-order valence-electron chi connectivity index (χ4n) is 3.52. The first-order chi connectivity index (χ1) is 13.1. The second-order valence-corrected chi connectivity index (χ2v) is 7.23. The van der Waals surface area contributed by atoms with E-state index in [2.05, 4.69) is 0 Å². The van der Waals surface area contributed by atoms with E-state index < -0.39 is 4.92 Å². The van der Waals surface area contributed by atoms with Gasteiger partial charge in [-0.3, -0.25) is 24.3 Å². The highest BCUT2D eigenvalue weighted by Gasteiger charge is 2.34. The number of benzene rings is 2. The van der Waals surface area contributed by atoms with Crippen LogP contribution in [0.15, 0.2) is 65.5 Å². The van der Waals surface area contributed by atoms with Gasteiger partial charge >= 0.3 is 0 Å². The number of carbonyl (C=O) groups excluding carboxylic acids is 1. The Morgan fingerprint density at radius 1 is 0.963 bits per heavy atom. The highest BCUT2D eigenvalue weighted by molar-refractivity contribution is 7.22. The minimum Gasteiger partial charge on any atom is -0.288 e. The summed E-state index contributed by atoms with van der Waals surface area (Å²) < 4.78 is 1.87. The van der Waals surface area contributed by atoms with Gasteiger partial charge in [-0.2, -0.15) is 0 Å². The zero-order chi connectivity index (χ0) is 18.7. The van der Waals surface area contributed by atoms with Gasteiger partial charge in [0.2, 0.25) is 0 Å². The van der Waals surface area contributed by atoms with Crippen molar-refractivity contribution in [2.45, 2.75) is 0 Å². The summed E-state index contributed by atoms with van der Waals surface area (Å²) in [6, 6.07) is 17.1. The Morgan fingerprint density at radius 2 is 1.74 bits per heavy atom. The highest BCUT2D eigenvalue weighted by atomic mass is 32.1. The summed E-state index contributed by atoms with van der Waals surface area (Å²) in [5.41, 5.74) is 1.73. The molecule has 1 aliphatic heterocycles. The molecule has 130 valence electrons. The number of hydrogen-bond acceptors (Lipinski definition) is 5. The molecule has 0 fully saturated rings. The standard InChI is InChI=1S/C20H10N2O4S/c23-16-9-14-18-12(7-4-8-13(18)22(25)26)20(24)21(14)15-10-17(27-19(15)16)11-5-2-1-3-6-11/h1-10H. The Hall–Kier alpha value is -3.58. The molecule has 27 heavy (non-hydrogen) atoms. The van der Waals surface area contributed by atoms with E-state index in [-0.39, 0.29) is 33.8 Å². The summed E-state index contributed by atoms with van der Waals surface area (Å²) in [4.78, 5) is 37.4. The number of nitro benzene ring substituents is 1.